The van der Waals surface area contributed by atoms with E-state index in [9.17, 15) is 14.9 Å². The molecule has 0 fully saturated rings. The highest BCUT2D eigenvalue weighted by Crippen LogP contribution is 2.33. The first-order valence-electron chi connectivity index (χ1n) is 9.20. The molecular formula is C20H18N6O4S. The largest absolute Gasteiger partial charge is 0.494 e. The van der Waals surface area contributed by atoms with E-state index in [0.29, 0.717) is 21.6 Å². The molecule has 31 heavy (non-hydrogen) atoms. The number of nitrogens with zero attached hydrogens (tertiary/aromatic N) is 5. The van der Waals surface area contributed by atoms with Gasteiger partial charge in [-0.15, -0.1) is 0 Å². The highest BCUT2D eigenvalue weighted by atomic mass is 32.2. The van der Waals surface area contributed by atoms with Gasteiger partial charge in [-0.3, -0.25) is 20.3 Å². The first-order chi connectivity index (χ1) is 14.7. The molecular weight excluding hydrogens is 420 g/mol. The number of hydrogen-bond acceptors (Lipinski definition) is 7. The summed E-state index contributed by atoms with van der Waals surface area (Å²) in [7, 11) is 1.45. The Morgan fingerprint density at radius 2 is 2.00 bits per heavy atom. The molecule has 0 unspecified atom stereocenters. The zero-order valence-electron chi connectivity index (χ0n) is 17.2. The summed E-state index contributed by atoms with van der Waals surface area (Å²) in [4.78, 5) is 27.2. The molecule has 1 aromatic heterocycles. The minimum Gasteiger partial charge on any atom is -0.494 e. The first-order valence-corrected chi connectivity index (χ1v) is 10.0. The van der Waals surface area contributed by atoms with Gasteiger partial charge in [0.05, 0.1) is 34.4 Å². The molecule has 1 amide bonds. The molecule has 1 N–H and O–H groups in total. The number of nitro groups is 1. The lowest BCUT2D eigenvalue weighted by Gasteiger charge is -2.20. The number of amides is 1. The van der Waals surface area contributed by atoms with E-state index in [1.54, 1.807) is 19.1 Å². The maximum Gasteiger partial charge on any atom is 0.283 e. The summed E-state index contributed by atoms with van der Waals surface area (Å²) < 4.78 is 7.26. The van der Waals surface area contributed by atoms with Crippen molar-refractivity contribution in [1.29, 1.82) is 5.41 Å². The molecule has 0 radical (unpaired) electrons. The van der Waals surface area contributed by atoms with Crippen LogP contribution in [0.5, 0.6) is 5.75 Å². The number of aryl methyl sites for hydroxylation is 1. The Kier molecular flexibility index (Phi) is 4.97. The van der Waals surface area contributed by atoms with Crippen molar-refractivity contribution < 1.29 is 14.5 Å². The topological polar surface area (TPSA) is 126 Å². The van der Waals surface area contributed by atoms with E-state index >= 15 is 0 Å². The second-order valence-corrected chi connectivity index (χ2v) is 8.07. The molecule has 0 spiro atoms. The molecule has 0 bridgehead atoms. The van der Waals surface area contributed by atoms with Gasteiger partial charge in [0.25, 0.3) is 11.6 Å². The number of nitrogens with one attached hydrogen (secondary N) is 1. The Morgan fingerprint density at radius 3 is 2.68 bits per heavy atom. The smallest absolute Gasteiger partial charge is 0.283 e. The van der Waals surface area contributed by atoms with Gasteiger partial charge in [-0.05, 0) is 56.3 Å². The van der Waals surface area contributed by atoms with E-state index in [1.807, 2.05) is 24.5 Å². The van der Waals surface area contributed by atoms with Crippen LogP contribution in [0.3, 0.4) is 0 Å². The number of carbonyl (C=O) groups excluding carboxylic acids is 1. The van der Waals surface area contributed by atoms with Gasteiger partial charge in [0.2, 0.25) is 5.17 Å². The van der Waals surface area contributed by atoms with Crippen LogP contribution in [-0.2, 0) is 4.79 Å². The summed E-state index contributed by atoms with van der Waals surface area (Å²) in [6.45, 7) is 5.53. The van der Waals surface area contributed by atoms with E-state index in [2.05, 4.69) is 10.1 Å². The van der Waals surface area contributed by atoms with Gasteiger partial charge in [-0.2, -0.15) is 15.1 Å². The van der Waals surface area contributed by atoms with Crippen LogP contribution in [0.25, 0.3) is 11.8 Å². The zero-order chi connectivity index (χ0) is 22.4. The summed E-state index contributed by atoms with van der Waals surface area (Å²) in [6, 6.07) is 6.28. The average Bonchev–Trinajstić information content (AvgIpc) is 3.23. The van der Waals surface area contributed by atoms with E-state index in [1.165, 1.54) is 36.0 Å². The maximum atomic E-state index is 12.6. The Hall–Kier alpha value is -3.73. The standard InChI is InChI=1S/C20H18N6O4S/c1-10-7-13(8-15-18(21)25-20(22-19(15)27)31-12(3)23-25)11(2)24(10)16-6-5-14(26(28)29)9-17(16)30-4/h5-9,21H,1-4H3/b15-8+,21-18?. The molecule has 2 aliphatic heterocycles. The van der Waals surface area contributed by atoms with Crippen LogP contribution in [0, 0.1) is 29.4 Å². The molecule has 0 atom stereocenters. The van der Waals surface area contributed by atoms with Gasteiger partial charge in [0.15, 0.2) is 5.84 Å². The Bertz CT molecular complexity index is 1260. The first kappa shape index (κ1) is 20.5. The van der Waals surface area contributed by atoms with Gasteiger partial charge in [0.1, 0.15) is 5.75 Å². The van der Waals surface area contributed by atoms with Crippen molar-refractivity contribution >= 4 is 45.5 Å². The highest BCUT2D eigenvalue weighted by molar-refractivity contribution is 8.26. The number of fused-ring (bicyclic) bond motifs is 1. The summed E-state index contributed by atoms with van der Waals surface area (Å²) in [5, 5.41) is 26.2. The van der Waals surface area contributed by atoms with Crippen LogP contribution < -0.4 is 4.74 Å². The number of aliphatic imine (C=N–C) groups is 1. The molecule has 4 rings (SSSR count). The monoisotopic (exact) mass is 438 g/mol. The fraction of sp³-hybridized carbons (Fsp3) is 0.200. The number of amidine groups is 2. The van der Waals surface area contributed by atoms with Crippen molar-refractivity contribution in [3.05, 3.63) is 56.9 Å². The van der Waals surface area contributed by atoms with Crippen molar-refractivity contribution in [2.24, 2.45) is 10.1 Å². The lowest BCUT2D eigenvalue weighted by atomic mass is 10.1. The number of hydrogen-bond donors (Lipinski definition) is 1. The number of hydrazone groups is 1. The minimum atomic E-state index is -0.494. The molecule has 0 saturated carbocycles. The highest BCUT2D eigenvalue weighted by Gasteiger charge is 2.34. The molecule has 158 valence electrons. The van der Waals surface area contributed by atoms with Crippen LogP contribution in [0.2, 0.25) is 0 Å². The average molecular weight is 438 g/mol. The molecule has 2 aromatic rings. The second kappa shape index (κ2) is 7.51. The number of benzene rings is 1. The summed E-state index contributed by atoms with van der Waals surface area (Å²) in [5.41, 5.74) is 3.04. The SMILES string of the molecule is COc1cc([N+](=O)[O-])ccc1-n1c(C)cc(/C=C2\C(=N)N3N=C(C)SC3=NC2=O)c1C. The van der Waals surface area contributed by atoms with E-state index in [-0.39, 0.29) is 17.1 Å². The van der Waals surface area contributed by atoms with Crippen LogP contribution in [0.4, 0.5) is 5.69 Å². The zero-order valence-corrected chi connectivity index (χ0v) is 18.0. The Labute approximate surface area is 181 Å². The Morgan fingerprint density at radius 1 is 1.26 bits per heavy atom. The van der Waals surface area contributed by atoms with Crippen molar-refractivity contribution in [3.8, 4) is 11.4 Å². The van der Waals surface area contributed by atoms with Gasteiger partial charge in [-0.1, -0.05) is 0 Å². The van der Waals surface area contributed by atoms with Crippen LogP contribution >= 0.6 is 11.8 Å². The van der Waals surface area contributed by atoms with E-state index < -0.39 is 10.8 Å². The molecule has 2 aliphatic rings. The molecule has 0 aliphatic carbocycles. The summed E-state index contributed by atoms with van der Waals surface area (Å²) >= 11 is 1.25. The number of aromatic nitrogens is 1. The number of carbonyl (C=O) groups is 1. The summed E-state index contributed by atoms with van der Waals surface area (Å²) in [6.07, 6.45) is 1.62. The predicted octanol–water partition coefficient (Wildman–Crippen LogP) is 3.65. The van der Waals surface area contributed by atoms with E-state index in [0.717, 1.165) is 17.0 Å². The normalized spacial score (nSPS) is 17.0. The third-order valence-electron chi connectivity index (χ3n) is 4.94. The quantitative estimate of drug-likeness (QED) is 0.441. The number of nitro benzene ring substituents is 1. The van der Waals surface area contributed by atoms with Crippen molar-refractivity contribution in [2.75, 3.05) is 7.11 Å². The summed E-state index contributed by atoms with van der Waals surface area (Å²) in [5.74, 6) is -0.173. The van der Waals surface area contributed by atoms with Crippen molar-refractivity contribution in [1.82, 2.24) is 9.58 Å². The number of thioether (sulfide) groups is 1. The third kappa shape index (κ3) is 3.42. The molecule has 10 nitrogen and oxygen atoms in total. The fourth-order valence-corrected chi connectivity index (χ4v) is 4.25. The molecule has 1 aromatic carbocycles. The van der Waals surface area contributed by atoms with Crippen LogP contribution in [0.15, 0.2) is 39.9 Å². The van der Waals surface area contributed by atoms with Gasteiger partial charge >= 0.3 is 0 Å². The molecule has 11 heteroatoms. The van der Waals surface area contributed by atoms with Crippen molar-refractivity contribution in [3.63, 3.8) is 0 Å². The molecule has 0 saturated heterocycles. The third-order valence-corrected chi connectivity index (χ3v) is 5.76. The lowest BCUT2D eigenvalue weighted by Crippen LogP contribution is -2.35. The predicted molar refractivity (Wildman–Crippen MR) is 119 cm³/mol. The number of rotatable bonds is 4. The second-order valence-electron chi connectivity index (χ2n) is 6.91. The molecule has 3 heterocycles. The van der Waals surface area contributed by atoms with Crippen molar-refractivity contribution in [2.45, 2.75) is 20.8 Å². The van der Waals surface area contributed by atoms with Gasteiger partial charge in [-0.25, -0.2) is 0 Å². The van der Waals surface area contributed by atoms with E-state index in [4.69, 9.17) is 10.1 Å². The lowest BCUT2D eigenvalue weighted by molar-refractivity contribution is -0.384. The maximum absolute atomic E-state index is 12.6. The number of methoxy groups -OCH3 is 1. The van der Waals surface area contributed by atoms with Crippen LogP contribution in [-0.4, -0.2) is 43.6 Å². The van der Waals surface area contributed by atoms with Gasteiger partial charge < -0.3 is 9.30 Å². The minimum absolute atomic E-state index is 0.0305. The Balaban J connectivity index is 1.79. The fourth-order valence-electron chi connectivity index (χ4n) is 3.51. The number of non-ortho nitro benzene ring substituents is 1. The number of ether oxygens (including phenoxy) is 1. The van der Waals surface area contributed by atoms with Crippen LogP contribution in [0.1, 0.15) is 23.9 Å². The van der Waals surface area contributed by atoms with Gasteiger partial charge in [0, 0.05) is 17.5 Å².